The fourth-order valence-corrected chi connectivity index (χ4v) is 4.56. The van der Waals surface area contributed by atoms with Crippen molar-refractivity contribution in [3.05, 3.63) is 53.3 Å². The van der Waals surface area contributed by atoms with Gasteiger partial charge >= 0.3 is 0 Å². The van der Waals surface area contributed by atoms with E-state index in [-0.39, 0.29) is 17.4 Å². The molecule has 2 aliphatic heterocycles. The summed E-state index contributed by atoms with van der Waals surface area (Å²) in [4.78, 5) is 13.3. The number of benzene rings is 1. The summed E-state index contributed by atoms with van der Waals surface area (Å²) >= 11 is 0. The molecular formula is C20H26N4O2. The van der Waals surface area contributed by atoms with Crippen LogP contribution in [0.2, 0.25) is 0 Å². The van der Waals surface area contributed by atoms with Crippen molar-refractivity contribution >= 4 is 5.91 Å². The Hall–Kier alpha value is -2.18. The van der Waals surface area contributed by atoms with Crippen LogP contribution in [-0.4, -0.2) is 35.3 Å². The zero-order chi connectivity index (χ0) is 18.0. The first kappa shape index (κ1) is 17.2. The standard InChI is InChI=1S/C20H26N4O2/c1-26-13-17-9-16(23-24-17)12-21-19(25)20(10-14-5-3-2-4-6-14)11-15-7-8-18(20)22-15/h2-6,9,15,18,22H,7-8,10-13H2,1H3,(H,21,25)(H,23,24)/t15-,18+,20+/m0/s1. The van der Waals surface area contributed by atoms with Crippen molar-refractivity contribution in [3.8, 4) is 0 Å². The van der Waals surface area contributed by atoms with Gasteiger partial charge in [-0.2, -0.15) is 5.10 Å². The molecule has 2 bridgehead atoms. The summed E-state index contributed by atoms with van der Waals surface area (Å²) in [5.74, 6) is 0.143. The molecule has 0 spiro atoms. The minimum Gasteiger partial charge on any atom is -0.378 e. The average molecular weight is 354 g/mol. The van der Waals surface area contributed by atoms with Gasteiger partial charge in [-0.3, -0.25) is 9.89 Å². The van der Waals surface area contributed by atoms with Gasteiger partial charge in [0.1, 0.15) is 0 Å². The van der Waals surface area contributed by atoms with Crippen molar-refractivity contribution in [1.29, 1.82) is 0 Å². The van der Waals surface area contributed by atoms with Gasteiger partial charge in [0.25, 0.3) is 0 Å². The summed E-state index contributed by atoms with van der Waals surface area (Å²) in [7, 11) is 1.64. The molecule has 3 atom stereocenters. The first-order valence-electron chi connectivity index (χ1n) is 9.30. The normalized spacial score (nSPS) is 27.0. The maximum Gasteiger partial charge on any atom is 0.228 e. The van der Waals surface area contributed by atoms with Gasteiger partial charge in [-0.15, -0.1) is 0 Å². The zero-order valence-electron chi connectivity index (χ0n) is 15.1. The predicted octanol–water partition coefficient (Wildman–Crippen LogP) is 1.93. The Morgan fingerprint density at radius 3 is 2.88 bits per heavy atom. The highest BCUT2D eigenvalue weighted by molar-refractivity contribution is 5.84. The second kappa shape index (κ2) is 7.21. The third-order valence-electron chi connectivity index (χ3n) is 5.75. The zero-order valence-corrected chi connectivity index (χ0v) is 15.1. The van der Waals surface area contributed by atoms with Gasteiger partial charge in [0.05, 0.1) is 30.0 Å². The molecule has 0 unspecified atom stereocenters. The summed E-state index contributed by atoms with van der Waals surface area (Å²) in [6.45, 7) is 0.930. The Balaban J connectivity index is 1.48. The van der Waals surface area contributed by atoms with Crippen LogP contribution >= 0.6 is 0 Å². The number of aromatic amines is 1. The number of amides is 1. The number of rotatable bonds is 7. The maximum atomic E-state index is 13.3. The minimum atomic E-state index is -0.361. The Morgan fingerprint density at radius 1 is 1.35 bits per heavy atom. The number of nitrogens with one attached hydrogen (secondary N) is 3. The summed E-state index contributed by atoms with van der Waals surface area (Å²) in [6.07, 6.45) is 3.95. The second-order valence-corrected chi connectivity index (χ2v) is 7.52. The first-order valence-corrected chi connectivity index (χ1v) is 9.30. The largest absolute Gasteiger partial charge is 0.378 e. The van der Waals surface area contributed by atoms with Crippen LogP contribution in [0.5, 0.6) is 0 Å². The summed E-state index contributed by atoms with van der Waals surface area (Å²) in [6, 6.07) is 13.0. The summed E-state index contributed by atoms with van der Waals surface area (Å²) in [5.41, 5.74) is 2.61. The van der Waals surface area contributed by atoms with E-state index in [1.54, 1.807) is 7.11 Å². The minimum absolute atomic E-state index is 0.143. The van der Waals surface area contributed by atoms with Crippen molar-refractivity contribution in [3.63, 3.8) is 0 Å². The molecule has 26 heavy (non-hydrogen) atoms. The van der Waals surface area contributed by atoms with Crippen LogP contribution in [0, 0.1) is 5.41 Å². The van der Waals surface area contributed by atoms with E-state index >= 15 is 0 Å². The predicted molar refractivity (Wildman–Crippen MR) is 98.3 cm³/mol. The van der Waals surface area contributed by atoms with Crippen LogP contribution in [0.4, 0.5) is 0 Å². The van der Waals surface area contributed by atoms with Crippen molar-refractivity contribution < 1.29 is 9.53 Å². The van der Waals surface area contributed by atoms with E-state index in [4.69, 9.17) is 4.74 Å². The van der Waals surface area contributed by atoms with Crippen LogP contribution in [0.25, 0.3) is 0 Å². The molecule has 0 aliphatic carbocycles. The number of ether oxygens (including phenoxy) is 1. The molecular weight excluding hydrogens is 328 g/mol. The fraction of sp³-hybridized carbons (Fsp3) is 0.500. The molecule has 2 fully saturated rings. The Labute approximate surface area is 153 Å². The molecule has 138 valence electrons. The van der Waals surface area contributed by atoms with Gasteiger partial charge in [0.15, 0.2) is 0 Å². The SMILES string of the molecule is COCc1cc(CNC(=O)[C@]2(Cc3ccccc3)C[C@@H]3CC[C@H]2N3)[nH]n1. The lowest BCUT2D eigenvalue weighted by molar-refractivity contribution is -0.132. The highest BCUT2D eigenvalue weighted by Crippen LogP contribution is 2.45. The van der Waals surface area contributed by atoms with Gasteiger partial charge in [-0.05, 0) is 37.3 Å². The number of fused-ring (bicyclic) bond motifs is 2. The van der Waals surface area contributed by atoms with Crippen LogP contribution in [0.3, 0.4) is 0 Å². The molecule has 6 nitrogen and oxygen atoms in total. The van der Waals surface area contributed by atoms with Crippen LogP contribution in [0.15, 0.2) is 36.4 Å². The molecule has 3 N–H and O–H groups in total. The Kier molecular flexibility index (Phi) is 4.78. The number of aromatic nitrogens is 2. The van der Waals surface area contributed by atoms with E-state index in [0.29, 0.717) is 19.2 Å². The molecule has 0 radical (unpaired) electrons. The highest BCUT2D eigenvalue weighted by atomic mass is 16.5. The smallest absolute Gasteiger partial charge is 0.228 e. The average Bonchev–Trinajstić information content (AvgIpc) is 3.37. The van der Waals surface area contributed by atoms with Gasteiger partial charge in [0.2, 0.25) is 5.91 Å². The third kappa shape index (κ3) is 3.27. The Morgan fingerprint density at radius 2 is 2.19 bits per heavy atom. The lowest BCUT2D eigenvalue weighted by Gasteiger charge is -2.35. The number of carbonyl (C=O) groups excluding carboxylic acids is 1. The van der Waals surface area contributed by atoms with Crippen molar-refractivity contribution in [1.82, 2.24) is 20.8 Å². The van der Waals surface area contributed by atoms with Gasteiger partial charge in [0, 0.05) is 19.2 Å². The molecule has 2 aromatic rings. The number of hydrogen-bond donors (Lipinski definition) is 3. The summed E-state index contributed by atoms with van der Waals surface area (Å²) < 4.78 is 5.09. The van der Waals surface area contributed by atoms with Gasteiger partial charge < -0.3 is 15.4 Å². The maximum absolute atomic E-state index is 13.3. The number of methoxy groups -OCH3 is 1. The molecule has 1 aromatic carbocycles. The topological polar surface area (TPSA) is 79.0 Å². The van der Waals surface area contributed by atoms with Crippen LogP contribution in [-0.2, 0) is 29.1 Å². The van der Waals surface area contributed by atoms with Crippen molar-refractivity contribution in [2.75, 3.05) is 7.11 Å². The van der Waals surface area contributed by atoms with E-state index in [9.17, 15) is 4.79 Å². The molecule has 0 saturated carbocycles. The highest BCUT2D eigenvalue weighted by Gasteiger charge is 2.55. The van der Waals surface area contributed by atoms with Gasteiger partial charge in [-0.1, -0.05) is 30.3 Å². The molecule has 2 saturated heterocycles. The molecule has 6 heteroatoms. The molecule has 1 amide bonds. The van der Waals surface area contributed by atoms with Crippen molar-refractivity contribution in [2.24, 2.45) is 5.41 Å². The molecule has 4 rings (SSSR count). The molecule has 2 aliphatic rings. The van der Waals surface area contributed by atoms with E-state index < -0.39 is 0 Å². The number of hydrogen-bond acceptors (Lipinski definition) is 4. The summed E-state index contributed by atoms with van der Waals surface area (Å²) in [5, 5.41) is 14.0. The van der Waals surface area contributed by atoms with Crippen LogP contribution in [0.1, 0.15) is 36.2 Å². The Bertz CT molecular complexity index is 760. The second-order valence-electron chi connectivity index (χ2n) is 7.52. The fourth-order valence-electron chi connectivity index (χ4n) is 4.56. The van der Waals surface area contributed by atoms with E-state index in [2.05, 4.69) is 33.0 Å². The lowest BCUT2D eigenvalue weighted by atomic mass is 9.69. The first-order chi connectivity index (χ1) is 12.7. The van der Waals surface area contributed by atoms with E-state index in [1.807, 2.05) is 24.3 Å². The number of nitrogens with zero attached hydrogens (tertiary/aromatic N) is 1. The monoisotopic (exact) mass is 354 g/mol. The number of carbonyl (C=O) groups is 1. The lowest BCUT2D eigenvalue weighted by Crippen LogP contribution is -2.49. The van der Waals surface area contributed by atoms with E-state index in [0.717, 1.165) is 30.7 Å². The third-order valence-corrected chi connectivity index (χ3v) is 5.75. The quantitative estimate of drug-likeness (QED) is 0.710. The van der Waals surface area contributed by atoms with Crippen molar-refractivity contribution in [2.45, 2.75) is 50.9 Å². The van der Waals surface area contributed by atoms with Gasteiger partial charge in [-0.25, -0.2) is 0 Å². The molecule has 1 aromatic heterocycles. The van der Waals surface area contributed by atoms with Crippen LogP contribution < -0.4 is 10.6 Å². The number of H-pyrrole nitrogens is 1. The van der Waals surface area contributed by atoms with E-state index in [1.165, 1.54) is 12.0 Å². The molecule has 3 heterocycles.